The molecule has 2 amide bonds. The minimum atomic E-state index is -0.422. The van der Waals surface area contributed by atoms with Crippen LogP contribution in [0.2, 0.25) is 0 Å². The normalized spacial score (nSPS) is 17.8. The SMILES string of the molecule is Cc1coc(-c2cc(NC(=O)N3CC[C@H](O)C3)ccc2C)n1. The summed E-state index contributed by atoms with van der Waals surface area (Å²) in [5.41, 5.74) is 3.38. The van der Waals surface area contributed by atoms with Gasteiger partial charge in [-0.25, -0.2) is 9.78 Å². The van der Waals surface area contributed by atoms with Gasteiger partial charge in [-0.2, -0.15) is 0 Å². The minimum Gasteiger partial charge on any atom is -0.444 e. The molecule has 1 saturated heterocycles. The third-order valence-corrected chi connectivity index (χ3v) is 3.79. The van der Waals surface area contributed by atoms with Crippen LogP contribution in [0, 0.1) is 13.8 Å². The molecule has 116 valence electrons. The zero-order valence-corrected chi connectivity index (χ0v) is 12.7. The van der Waals surface area contributed by atoms with Crippen molar-refractivity contribution in [3.05, 3.63) is 35.7 Å². The molecule has 3 rings (SSSR count). The Kier molecular flexibility index (Phi) is 3.85. The lowest BCUT2D eigenvalue weighted by Gasteiger charge is -2.17. The molecule has 0 radical (unpaired) electrons. The molecule has 0 bridgehead atoms. The van der Waals surface area contributed by atoms with Gasteiger partial charge < -0.3 is 19.7 Å². The van der Waals surface area contributed by atoms with Gasteiger partial charge in [0.05, 0.1) is 11.8 Å². The largest absolute Gasteiger partial charge is 0.444 e. The summed E-state index contributed by atoms with van der Waals surface area (Å²) in [7, 11) is 0. The lowest BCUT2D eigenvalue weighted by molar-refractivity contribution is 0.176. The van der Waals surface area contributed by atoms with E-state index in [0.717, 1.165) is 16.8 Å². The average Bonchev–Trinajstić information content (AvgIpc) is 3.10. The Morgan fingerprint density at radius 3 is 2.91 bits per heavy atom. The maximum absolute atomic E-state index is 12.2. The Hall–Kier alpha value is -2.34. The first-order valence-electron chi connectivity index (χ1n) is 7.30. The topological polar surface area (TPSA) is 78.6 Å². The fraction of sp³-hybridized carbons (Fsp3) is 0.375. The molecule has 6 nitrogen and oxygen atoms in total. The second-order valence-corrected chi connectivity index (χ2v) is 5.64. The summed E-state index contributed by atoms with van der Waals surface area (Å²) >= 11 is 0. The second-order valence-electron chi connectivity index (χ2n) is 5.64. The molecule has 2 heterocycles. The number of nitrogens with one attached hydrogen (secondary N) is 1. The fourth-order valence-electron chi connectivity index (χ4n) is 2.54. The van der Waals surface area contributed by atoms with E-state index in [1.807, 2.05) is 32.0 Å². The number of aliphatic hydroxyl groups is 1. The molecule has 1 aliphatic heterocycles. The van der Waals surface area contributed by atoms with E-state index in [-0.39, 0.29) is 6.03 Å². The first kappa shape index (κ1) is 14.6. The van der Waals surface area contributed by atoms with Crippen LogP contribution in [0.15, 0.2) is 28.9 Å². The number of oxazole rings is 1. The molecular weight excluding hydrogens is 282 g/mol. The Labute approximate surface area is 128 Å². The van der Waals surface area contributed by atoms with E-state index in [4.69, 9.17) is 4.42 Å². The number of urea groups is 1. The summed E-state index contributed by atoms with van der Waals surface area (Å²) in [6, 6.07) is 5.42. The lowest BCUT2D eigenvalue weighted by Crippen LogP contribution is -2.33. The van der Waals surface area contributed by atoms with Gasteiger partial charge in [0.2, 0.25) is 5.89 Å². The number of benzene rings is 1. The molecule has 1 fully saturated rings. The van der Waals surface area contributed by atoms with Gasteiger partial charge in [0.25, 0.3) is 0 Å². The molecule has 1 aromatic heterocycles. The van der Waals surface area contributed by atoms with Crippen molar-refractivity contribution >= 4 is 11.7 Å². The standard InChI is InChI=1S/C16H19N3O3/c1-10-3-4-12(7-14(10)15-17-11(2)9-22-15)18-16(21)19-6-5-13(20)8-19/h3-4,7,9,13,20H,5-6,8H2,1-2H3,(H,18,21)/t13-/m0/s1. The van der Waals surface area contributed by atoms with Crippen molar-refractivity contribution in [3.8, 4) is 11.5 Å². The van der Waals surface area contributed by atoms with Gasteiger partial charge >= 0.3 is 6.03 Å². The van der Waals surface area contributed by atoms with Crippen LogP contribution in [0.3, 0.4) is 0 Å². The lowest BCUT2D eigenvalue weighted by atomic mass is 10.1. The number of hydrogen-bond donors (Lipinski definition) is 2. The molecule has 22 heavy (non-hydrogen) atoms. The maximum atomic E-state index is 12.2. The van der Waals surface area contributed by atoms with Crippen molar-refractivity contribution in [2.45, 2.75) is 26.4 Å². The van der Waals surface area contributed by atoms with E-state index >= 15 is 0 Å². The second kappa shape index (κ2) is 5.81. The zero-order valence-electron chi connectivity index (χ0n) is 12.7. The zero-order chi connectivity index (χ0) is 15.7. The molecule has 0 unspecified atom stereocenters. The highest BCUT2D eigenvalue weighted by atomic mass is 16.3. The predicted octanol–water partition coefficient (Wildman–Crippen LogP) is 2.56. The number of carbonyl (C=O) groups excluding carboxylic acids is 1. The summed E-state index contributed by atoms with van der Waals surface area (Å²) < 4.78 is 5.44. The van der Waals surface area contributed by atoms with Crippen LogP contribution in [0.25, 0.3) is 11.5 Å². The van der Waals surface area contributed by atoms with Gasteiger partial charge in [0.15, 0.2) is 0 Å². The van der Waals surface area contributed by atoms with Gasteiger partial charge in [0.1, 0.15) is 6.26 Å². The van der Waals surface area contributed by atoms with Crippen LogP contribution in [-0.2, 0) is 0 Å². The molecular formula is C16H19N3O3. The number of carbonyl (C=O) groups is 1. The van der Waals surface area contributed by atoms with Gasteiger partial charge in [-0.15, -0.1) is 0 Å². The van der Waals surface area contributed by atoms with Crippen molar-refractivity contribution in [2.75, 3.05) is 18.4 Å². The minimum absolute atomic E-state index is 0.199. The number of amides is 2. The van der Waals surface area contributed by atoms with Crippen LogP contribution in [-0.4, -0.2) is 40.2 Å². The number of β-amino-alcohol motifs (C(OH)–C–C–N with tert-alkyl or cyclic N) is 1. The average molecular weight is 301 g/mol. The first-order valence-corrected chi connectivity index (χ1v) is 7.30. The molecule has 0 spiro atoms. The van der Waals surface area contributed by atoms with Crippen LogP contribution >= 0.6 is 0 Å². The molecule has 1 aliphatic rings. The van der Waals surface area contributed by atoms with Crippen LogP contribution in [0.1, 0.15) is 17.7 Å². The highest BCUT2D eigenvalue weighted by molar-refractivity contribution is 5.90. The maximum Gasteiger partial charge on any atom is 0.321 e. The fourth-order valence-corrected chi connectivity index (χ4v) is 2.54. The quantitative estimate of drug-likeness (QED) is 0.893. The molecule has 1 atom stereocenters. The van der Waals surface area contributed by atoms with E-state index in [2.05, 4.69) is 10.3 Å². The van der Waals surface area contributed by atoms with Crippen LogP contribution in [0.4, 0.5) is 10.5 Å². The Balaban J connectivity index is 1.79. The van der Waals surface area contributed by atoms with E-state index in [9.17, 15) is 9.90 Å². The molecule has 1 aromatic carbocycles. The molecule has 2 aromatic rings. The van der Waals surface area contributed by atoms with E-state index in [1.165, 1.54) is 0 Å². The van der Waals surface area contributed by atoms with Gasteiger partial charge in [0, 0.05) is 24.3 Å². The van der Waals surface area contributed by atoms with Crippen molar-refractivity contribution < 1.29 is 14.3 Å². The monoisotopic (exact) mass is 301 g/mol. The number of aliphatic hydroxyl groups excluding tert-OH is 1. The smallest absolute Gasteiger partial charge is 0.321 e. The van der Waals surface area contributed by atoms with Crippen LogP contribution in [0.5, 0.6) is 0 Å². The number of rotatable bonds is 2. The van der Waals surface area contributed by atoms with Crippen molar-refractivity contribution in [3.63, 3.8) is 0 Å². The number of hydrogen-bond acceptors (Lipinski definition) is 4. The third kappa shape index (κ3) is 2.96. The summed E-state index contributed by atoms with van der Waals surface area (Å²) in [4.78, 5) is 18.1. The Morgan fingerprint density at radius 2 is 2.27 bits per heavy atom. The van der Waals surface area contributed by atoms with E-state index < -0.39 is 6.10 Å². The number of nitrogens with zero attached hydrogens (tertiary/aromatic N) is 2. The molecule has 0 aliphatic carbocycles. The molecule has 6 heteroatoms. The predicted molar refractivity (Wildman–Crippen MR) is 82.6 cm³/mol. The summed E-state index contributed by atoms with van der Waals surface area (Å²) in [6.07, 6.45) is 1.81. The Morgan fingerprint density at radius 1 is 1.45 bits per heavy atom. The number of aryl methyl sites for hydroxylation is 2. The van der Waals surface area contributed by atoms with Crippen molar-refractivity contribution in [1.29, 1.82) is 0 Å². The van der Waals surface area contributed by atoms with Gasteiger partial charge in [-0.3, -0.25) is 0 Å². The molecule has 0 saturated carbocycles. The van der Waals surface area contributed by atoms with E-state index in [1.54, 1.807) is 11.2 Å². The first-order chi connectivity index (χ1) is 10.5. The van der Waals surface area contributed by atoms with E-state index in [0.29, 0.717) is 31.1 Å². The molecule has 2 N–H and O–H groups in total. The Bertz CT molecular complexity index is 696. The van der Waals surface area contributed by atoms with Crippen molar-refractivity contribution in [2.24, 2.45) is 0 Å². The van der Waals surface area contributed by atoms with Crippen LogP contribution < -0.4 is 5.32 Å². The summed E-state index contributed by atoms with van der Waals surface area (Å²) in [6.45, 7) is 4.79. The van der Waals surface area contributed by atoms with Crippen molar-refractivity contribution in [1.82, 2.24) is 9.88 Å². The number of likely N-dealkylation sites (tertiary alicyclic amines) is 1. The van der Waals surface area contributed by atoms with Gasteiger partial charge in [-0.1, -0.05) is 6.07 Å². The highest BCUT2D eigenvalue weighted by Crippen LogP contribution is 2.26. The summed E-state index contributed by atoms with van der Waals surface area (Å²) in [5.74, 6) is 0.544. The summed E-state index contributed by atoms with van der Waals surface area (Å²) in [5, 5.41) is 12.4. The number of anilines is 1. The highest BCUT2D eigenvalue weighted by Gasteiger charge is 2.24. The number of aromatic nitrogens is 1. The third-order valence-electron chi connectivity index (χ3n) is 3.79. The van der Waals surface area contributed by atoms with Gasteiger partial charge in [-0.05, 0) is 38.0 Å².